The maximum absolute atomic E-state index is 12.6. The maximum Gasteiger partial charge on any atom is 0.272 e. The van der Waals surface area contributed by atoms with E-state index in [4.69, 9.17) is 4.74 Å². The van der Waals surface area contributed by atoms with Crippen LogP contribution in [0.3, 0.4) is 0 Å². The van der Waals surface area contributed by atoms with Crippen molar-refractivity contribution < 1.29 is 9.53 Å². The topological polar surface area (TPSA) is 65.3 Å². The van der Waals surface area contributed by atoms with Crippen molar-refractivity contribution in [1.82, 2.24) is 9.13 Å². The molecule has 0 spiro atoms. The Labute approximate surface area is 145 Å². The summed E-state index contributed by atoms with van der Waals surface area (Å²) in [5, 5.41) is 3.40. The standard InChI is InChI=1S/C19H21N3O3/c1-4-22-11-10-16-15(19(22)24)12-17(21(16)3)18(23)20-13-6-8-14(9-7-13)25-5-2/h6-12H,4-5H2,1-3H3,(H,20,23). The van der Waals surface area contributed by atoms with E-state index >= 15 is 0 Å². The van der Waals surface area contributed by atoms with Gasteiger partial charge in [-0.05, 0) is 50.2 Å². The van der Waals surface area contributed by atoms with E-state index in [0.717, 1.165) is 11.3 Å². The minimum atomic E-state index is -0.259. The smallest absolute Gasteiger partial charge is 0.272 e. The van der Waals surface area contributed by atoms with E-state index < -0.39 is 0 Å². The molecule has 0 unspecified atom stereocenters. The van der Waals surface area contributed by atoms with Gasteiger partial charge in [-0.3, -0.25) is 9.59 Å². The van der Waals surface area contributed by atoms with Gasteiger partial charge in [0.05, 0.1) is 17.5 Å². The van der Waals surface area contributed by atoms with Crippen LogP contribution in [0.15, 0.2) is 47.4 Å². The van der Waals surface area contributed by atoms with Gasteiger partial charge in [0.15, 0.2) is 0 Å². The van der Waals surface area contributed by atoms with Gasteiger partial charge in [0, 0.05) is 25.5 Å². The second kappa shape index (κ2) is 6.84. The first-order chi connectivity index (χ1) is 12.0. The first-order valence-electron chi connectivity index (χ1n) is 8.28. The number of nitrogens with zero attached hydrogens (tertiary/aromatic N) is 2. The molecule has 0 saturated carbocycles. The number of hydrogen-bond donors (Lipinski definition) is 1. The molecule has 6 nitrogen and oxygen atoms in total. The minimum absolute atomic E-state index is 0.0873. The Morgan fingerprint density at radius 2 is 1.88 bits per heavy atom. The van der Waals surface area contributed by atoms with Gasteiger partial charge in [-0.1, -0.05) is 0 Å². The van der Waals surface area contributed by atoms with Gasteiger partial charge in [-0.25, -0.2) is 0 Å². The van der Waals surface area contributed by atoms with Gasteiger partial charge in [0.1, 0.15) is 11.4 Å². The number of nitrogens with one attached hydrogen (secondary N) is 1. The van der Waals surface area contributed by atoms with Crippen LogP contribution >= 0.6 is 0 Å². The lowest BCUT2D eigenvalue weighted by Crippen LogP contribution is -2.17. The van der Waals surface area contributed by atoms with Crippen LogP contribution in [-0.2, 0) is 13.6 Å². The fraction of sp³-hybridized carbons (Fsp3) is 0.263. The molecule has 2 aromatic heterocycles. The SMILES string of the molecule is CCOc1ccc(NC(=O)c2cc3c(=O)n(CC)ccc3n2C)cc1. The summed E-state index contributed by atoms with van der Waals surface area (Å²) < 4.78 is 8.75. The summed E-state index contributed by atoms with van der Waals surface area (Å²) in [5.74, 6) is 0.496. The van der Waals surface area contributed by atoms with Crippen LogP contribution in [0.1, 0.15) is 24.3 Å². The molecule has 0 aliphatic rings. The van der Waals surface area contributed by atoms with Gasteiger partial charge in [-0.2, -0.15) is 0 Å². The van der Waals surface area contributed by atoms with E-state index in [1.165, 1.54) is 0 Å². The Morgan fingerprint density at radius 3 is 2.52 bits per heavy atom. The summed E-state index contributed by atoms with van der Waals surface area (Å²) in [6.07, 6.45) is 1.75. The molecule has 0 aliphatic carbocycles. The molecule has 3 aromatic rings. The number of amides is 1. The molecule has 130 valence electrons. The van der Waals surface area contributed by atoms with Gasteiger partial charge in [0.2, 0.25) is 0 Å². The van der Waals surface area contributed by atoms with Crippen molar-refractivity contribution in [2.24, 2.45) is 7.05 Å². The molecule has 1 aromatic carbocycles. The van der Waals surface area contributed by atoms with E-state index in [-0.39, 0.29) is 11.5 Å². The van der Waals surface area contributed by atoms with Crippen molar-refractivity contribution in [2.45, 2.75) is 20.4 Å². The van der Waals surface area contributed by atoms with Crippen LogP contribution < -0.4 is 15.6 Å². The Hall–Kier alpha value is -3.02. The number of hydrogen-bond acceptors (Lipinski definition) is 3. The third-order valence-electron chi connectivity index (χ3n) is 4.18. The number of ether oxygens (including phenoxy) is 1. The van der Waals surface area contributed by atoms with E-state index in [1.54, 1.807) is 52.7 Å². The number of aryl methyl sites for hydroxylation is 2. The quantitative estimate of drug-likeness (QED) is 0.777. The molecule has 0 atom stereocenters. The fourth-order valence-corrected chi connectivity index (χ4v) is 2.84. The highest BCUT2D eigenvalue weighted by Gasteiger charge is 2.16. The highest BCUT2D eigenvalue weighted by atomic mass is 16.5. The summed E-state index contributed by atoms with van der Waals surface area (Å²) in [6, 6.07) is 10.7. The molecule has 2 heterocycles. The van der Waals surface area contributed by atoms with Crippen molar-refractivity contribution in [1.29, 1.82) is 0 Å². The van der Waals surface area contributed by atoms with Crippen LogP contribution in [0.4, 0.5) is 5.69 Å². The summed E-state index contributed by atoms with van der Waals surface area (Å²) >= 11 is 0. The zero-order chi connectivity index (χ0) is 18.0. The van der Waals surface area contributed by atoms with Gasteiger partial charge >= 0.3 is 0 Å². The minimum Gasteiger partial charge on any atom is -0.494 e. The highest BCUT2D eigenvalue weighted by Crippen LogP contribution is 2.19. The third kappa shape index (κ3) is 3.15. The van der Waals surface area contributed by atoms with Crippen LogP contribution in [0, 0.1) is 0 Å². The van der Waals surface area contributed by atoms with Gasteiger partial charge in [0.25, 0.3) is 11.5 Å². The molecular weight excluding hydrogens is 318 g/mol. The fourth-order valence-electron chi connectivity index (χ4n) is 2.84. The average molecular weight is 339 g/mol. The molecule has 0 saturated heterocycles. The molecule has 0 aliphatic heterocycles. The zero-order valence-corrected chi connectivity index (χ0v) is 14.6. The predicted molar refractivity (Wildman–Crippen MR) is 98.4 cm³/mol. The average Bonchev–Trinajstić information content (AvgIpc) is 2.95. The van der Waals surface area contributed by atoms with Crippen molar-refractivity contribution in [2.75, 3.05) is 11.9 Å². The summed E-state index contributed by atoms with van der Waals surface area (Å²) in [6.45, 7) is 5.02. The molecule has 1 N–H and O–H groups in total. The molecule has 0 bridgehead atoms. The predicted octanol–water partition coefficient (Wildman–Crippen LogP) is 3.01. The Bertz CT molecular complexity index is 968. The molecule has 6 heteroatoms. The second-order valence-corrected chi connectivity index (χ2v) is 5.71. The summed E-state index contributed by atoms with van der Waals surface area (Å²) in [4.78, 5) is 25.0. The van der Waals surface area contributed by atoms with E-state index in [0.29, 0.717) is 29.9 Å². The molecule has 3 rings (SSSR count). The number of aromatic nitrogens is 2. The third-order valence-corrected chi connectivity index (χ3v) is 4.18. The van der Waals surface area contributed by atoms with Gasteiger partial charge in [-0.15, -0.1) is 0 Å². The second-order valence-electron chi connectivity index (χ2n) is 5.71. The van der Waals surface area contributed by atoms with Crippen LogP contribution in [-0.4, -0.2) is 21.6 Å². The normalized spacial score (nSPS) is 10.8. The van der Waals surface area contributed by atoms with Crippen molar-refractivity contribution >= 4 is 22.5 Å². The molecule has 1 amide bonds. The number of carbonyl (C=O) groups excluding carboxylic acids is 1. The number of benzene rings is 1. The number of fused-ring (bicyclic) bond motifs is 1. The van der Waals surface area contributed by atoms with Crippen molar-refractivity contribution in [3.63, 3.8) is 0 Å². The largest absolute Gasteiger partial charge is 0.494 e. The van der Waals surface area contributed by atoms with Gasteiger partial charge < -0.3 is 19.2 Å². The highest BCUT2D eigenvalue weighted by molar-refractivity contribution is 6.06. The molecule has 0 radical (unpaired) electrons. The van der Waals surface area contributed by atoms with E-state index in [1.807, 2.05) is 19.9 Å². The maximum atomic E-state index is 12.6. The number of carbonyl (C=O) groups is 1. The van der Waals surface area contributed by atoms with E-state index in [9.17, 15) is 9.59 Å². The molecular formula is C19H21N3O3. The lowest BCUT2D eigenvalue weighted by Gasteiger charge is -2.08. The van der Waals surface area contributed by atoms with Crippen molar-refractivity contribution in [3.05, 3.63) is 58.6 Å². The number of anilines is 1. The Kier molecular flexibility index (Phi) is 4.61. The van der Waals surface area contributed by atoms with Crippen LogP contribution in [0.2, 0.25) is 0 Å². The Balaban J connectivity index is 1.90. The monoisotopic (exact) mass is 339 g/mol. The number of pyridine rings is 1. The lowest BCUT2D eigenvalue weighted by atomic mass is 10.2. The molecule has 25 heavy (non-hydrogen) atoms. The van der Waals surface area contributed by atoms with Crippen LogP contribution in [0.25, 0.3) is 10.9 Å². The van der Waals surface area contributed by atoms with E-state index in [2.05, 4.69) is 5.32 Å². The first-order valence-corrected chi connectivity index (χ1v) is 8.28. The summed E-state index contributed by atoms with van der Waals surface area (Å²) in [7, 11) is 1.78. The zero-order valence-electron chi connectivity index (χ0n) is 14.6. The lowest BCUT2D eigenvalue weighted by molar-refractivity contribution is 0.101. The first kappa shape index (κ1) is 16.8. The summed E-state index contributed by atoms with van der Waals surface area (Å²) in [5.41, 5.74) is 1.77. The van der Waals surface area contributed by atoms with Crippen LogP contribution in [0.5, 0.6) is 5.75 Å². The number of rotatable bonds is 5. The Morgan fingerprint density at radius 1 is 1.16 bits per heavy atom. The van der Waals surface area contributed by atoms with Crippen molar-refractivity contribution in [3.8, 4) is 5.75 Å². The molecule has 0 fully saturated rings.